The Balaban J connectivity index is 2.28. The molecule has 80 valence electrons. The van der Waals surface area contributed by atoms with Gasteiger partial charge in [0.1, 0.15) is 9.88 Å². The van der Waals surface area contributed by atoms with Gasteiger partial charge in [-0.05, 0) is 18.0 Å². The Morgan fingerprint density at radius 1 is 1.27 bits per heavy atom. The van der Waals surface area contributed by atoms with Crippen LogP contribution in [-0.4, -0.2) is 25.7 Å². The lowest BCUT2D eigenvalue weighted by molar-refractivity contribution is 0.977. The molecule has 4 nitrogen and oxygen atoms in total. The molecular weight excluding hydrogens is 252 g/mol. The molecule has 15 heavy (non-hydrogen) atoms. The first-order valence-corrected chi connectivity index (χ1v) is 6.67. The molecule has 2 heterocycles. The van der Waals surface area contributed by atoms with Gasteiger partial charge in [0, 0.05) is 12.3 Å². The highest BCUT2D eigenvalue weighted by molar-refractivity contribution is 7.19. The Labute approximate surface area is 100 Å². The van der Waals surface area contributed by atoms with Crippen LogP contribution in [0.3, 0.4) is 0 Å². The Morgan fingerprint density at radius 3 is 2.87 bits per heavy atom. The molecule has 0 bridgehead atoms. The fraction of sp³-hybridized carbons (Fsp3) is 0.500. The fourth-order valence-electron chi connectivity index (χ4n) is 1.13. The first-order valence-electron chi connectivity index (χ1n) is 4.55. The molecule has 0 atom stereocenters. The largest absolute Gasteiger partial charge is 0.161 e. The number of aryl methyl sites for hydroxylation is 2. The zero-order valence-electron chi connectivity index (χ0n) is 8.10. The monoisotopic (exact) mass is 260 g/mol. The van der Waals surface area contributed by atoms with E-state index in [9.17, 15) is 0 Å². The van der Waals surface area contributed by atoms with E-state index in [1.165, 1.54) is 11.5 Å². The zero-order chi connectivity index (χ0) is 10.7. The Morgan fingerprint density at radius 2 is 2.13 bits per heavy atom. The molecule has 0 saturated carbocycles. The molecule has 0 spiro atoms. The van der Waals surface area contributed by atoms with Gasteiger partial charge >= 0.3 is 0 Å². The lowest BCUT2D eigenvalue weighted by atomic mass is 10.3. The van der Waals surface area contributed by atoms with Gasteiger partial charge in [0.15, 0.2) is 5.01 Å². The van der Waals surface area contributed by atoms with Gasteiger partial charge < -0.3 is 0 Å². The van der Waals surface area contributed by atoms with Gasteiger partial charge in [0.05, 0.1) is 5.69 Å². The number of hydrogen-bond acceptors (Lipinski definition) is 6. The van der Waals surface area contributed by atoms with Crippen LogP contribution in [0.25, 0.3) is 9.88 Å². The van der Waals surface area contributed by atoms with Crippen LogP contribution in [-0.2, 0) is 12.8 Å². The summed E-state index contributed by atoms with van der Waals surface area (Å²) in [6, 6.07) is 0. The molecule has 0 aromatic carbocycles. The van der Waals surface area contributed by atoms with Gasteiger partial charge in [-0.2, -0.15) is 0 Å². The second-order valence-electron chi connectivity index (χ2n) is 2.84. The number of hydrogen-bond donors (Lipinski definition) is 0. The van der Waals surface area contributed by atoms with Crippen LogP contribution < -0.4 is 0 Å². The van der Waals surface area contributed by atoms with Crippen molar-refractivity contribution < 1.29 is 0 Å². The SMILES string of the molecule is CCc1nnsc1-c1nnc(CCCl)s1. The van der Waals surface area contributed by atoms with Gasteiger partial charge in [-0.15, -0.1) is 26.9 Å². The third-order valence-electron chi connectivity index (χ3n) is 1.86. The van der Waals surface area contributed by atoms with Crippen molar-refractivity contribution in [2.24, 2.45) is 0 Å². The molecule has 2 aromatic rings. The van der Waals surface area contributed by atoms with E-state index in [0.29, 0.717) is 5.88 Å². The zero-order valence-corrected chi connectivity index (χ0v) is 10.5. The standard InChI is InChI=1S/C8H9ClN4S2/c1-2-5-7(15-13-10-5)8-12-11-6(14-8)3-4-9/h2-4H2,1H3. The van der Waals surface area contributed by atoms with Crippen LogP contribution in [0, 0.1) is 0 Å². The van der Waals surface area contributed by atoms with Gasteiger partial charge in [-0.3, -0.25) is 0 Å². The van der Waals surface area contributed by atoms with Crippen molar-refractivity contribution >= 4 is 34.5 Å². The molecular formula is C8H9ClN4S2. The molecule has 2 rings (SSSR count). The maximum atomic E-state index is 5.65. The highest BCUT2D eigenvalue weighted by atomic mass is 35.5. The maximum Gasteiger partial charge on any atom is 0.161 e. The van der Waals surface area contributed by atoms with Gasteiger partial charge in [0.25, 0.3) is 0 Å². The minimum absolute atomic E-state index is 0.580. The topological polar surface area (TPSA) is 51.6 Å². The van der Waals surface area contributed by atoms with Crippen LogP contribution in [0.15, 0.2) is 0 Å². The average Bonchev–Trinajstić information content (AvgIpc) is 2.84. The van der Waals surface area contributed by atoms with E-state index in [-0.39, 0.29) is 0 Å². The van der Waals surface area contributed by atoms with Crippen molar-refractivity contribution in [2.45, 2.75) is 19.8 Å². The number of rotatable bonds is 4. The summed E-state index contributed by atoms with van der Waals surface area (Å²) in [6.07, 6.45) is 1.64. The molecule has 0 aliphatic heterocycles. The second kappa shape index (κ2) is 4.96. The quantitative estimate of drug-likeness (QED) is 0.792. The van der Waals surface area contributed by atoms with E-state index in [0.717, 1.165) is 33.4 Å². The second-order valence-corrected chi connectivity index (χ2v) is 5.04. The summed E-state index contributed by atoms with van der Waals surface area (Å²) in [7, 11) is 0. The number of aromatic nitrogens is 4. The third kappa shape index (κ3) is 2.32. The minimum Gasteiger partial charge on any atom is -0.143 e. The van der Waals surface area contributed by atoms with Gasteiger partial charge in [-0.1, -0.05) is 22.7 Å². The third-order valence-corrected chi connectivity index (χ3v) is 3.95. The molecule has 0 fully saturated rings. The van der Waals surface area contributed by atoms with Crippen molar-refractivity contribution in [2.75, 3.05) is 5.88 Å². The first-order chi connectivity index (χ1) is 7.35. The van der Waals surface area contributed by atoms with Crippen LogP contribution >= 0.6 is 34.5 Å². The average molecular weight is 261 g/mol. The summed E-state index contributed by atoms with van der Waals surface area (Å²) < 4.78 is 3.93. The lowest BCUT2D eigenvalue weighted by Gasteiger charge is -1.90. The number of alkyl halides is 1. The van der Waals surface area contributed by atoms with Gasteiger partial charge in [-0.25, -0.2) is 0 Å². The maximum absolute atomic E-state index is 5.65. The fourth-order valence-corrected chi connectivity index (χ4v) is 3.09. The van der Waals surface area contributed by atoms with E-state index >= 15 is 0 Å². The number of nitrogens with zero attached hydrogens (tertiary/aromatic N) is 4. The molecule has 0 saturated heterocycles. The molecule has 7 heteroatoms. The van der Waals surface area contributed by atoms with Crippen LogP contribution in [0.2, 0.25) is 0 Å². The van der Waals surface area contributed by atoms with Crippen LogP contribution in [0.4, 0.5) is 0 Å². The Bertz CT molecular complexity index is 439. The van der Waals surface area contributed by atoms with Gasteiger partial charge in [0.2, 0.25) is 0 Å². The van der Waals surface area contributed by atoms with Crippen molar-refractivity contribution in [1.29, 1.82) is 0 Å². The summed E-state index contributed by atoms with van der Waals surface area (Å²) in [5, 5.41) is 14.1. The molecule has 0 aliphatic carbocycles. The van der Waals surface area contributed by atoms with E-state index < -0.39 is 0 Å². The summed E-state index contributed by atoms with van der Waals surface area (Å²) >= 11 is 8.59. The van der Waals surface area contributed by atoms with Crippen molar-refractivity contribution in [1.82, 2.24) is 19.8 Å². The van der Waals surface area contributed by atoms with E-state index in [1.54, 1.807) is 11.3 Å². The number of halogens is 1. The molecule has 0 N–H and O–H groups in total. The molecule has 0 radical (unpaired) electrons. The highest BCUT2D eigenvalue weighted by Gasteiger charge is 2.13. The normalized spacial score (nSPS) is 10.8. The molecule has 0 unspecified atom stereocenters. The van der Waals surface area contributed by atoms with Crippen LogP contribution in [0.5, 0.6) is 0 Å². The summed E-state index contributed by atoms with van der Waals surface area (Å²) in [6.45, 7) is 2.06. The van der Waals surface area contributed by atoms with Crippen molar-refractivity contribution in [3.05, 3.63) is 10.7 Å². The van der Waals surface area contributed by atoms with Crippen molar-refractivity contribution in [3.63, 3.8) is 0 Å². The minimum atomic E-state index is 0.580. The highest BCUT2D eigenvalue weighted by Crippen LogP contribution is 2.29. The Kier molecular flexibility index (Phi) is 3.61. The molecule has 0 amide bonds. The summed E-state index contributed by atoms with van der Waals surface area (Å²) in [5.41, 5.74) is 0.994. The lowest BCUT2D eigenvalue weighted by Crippen LogP contribution is -1.84. The Hall–Kier alpha value is -0.590. The molecule has 0 aliphatic rings. The van der Waals surface area contributed by atoms with E-state index in [1.807, 2.05) is 0 Å². The van der Waals surface area contributed by atoms with E-state index in [2.05, 4.69) is 26.7 Å². The predicted molar refractivity (Wildman–Crippen MR) is 62.6 cm³/mol. The molecule has 2 aromatic heterocycles. The summed E-state index contributed by atoms with van der Waals surface area (Å²) in [4.78, 5) is 1.04. The smallest absolute Gasteiger partial charge is 0.143 e. The first kappa shape index (κ1) is 10.9. The van der Waals surface area contributed by atoms with Crippen LogP contribution in [0.1, 0.15) is 17.6 Å². The predicted octanol–water partition coefficient (Wildman–Crippen LogP) is 2.40. The summed E-state index contributed by atoms with van der Waals surface area (Å²) in [5.74, 6) is 0.580. The van der Waals surface area contributed by atoms with Crippen molar-refractivity contribution in [3.8, 4) is 9.88 Å². The van der Waals surface area contributed by atoms with E-state index in [4.69, 9.17) is 11.6 Å².